The van der Waals surface area contributed by atoms with Gasteiger partial charge in [-0.25, -0.2) is 0 Å². The van der Waals surface area contributed by atoms with Crippen LogP contribution in [0.3, 0.4) is 0 Å². The molecule has 0 aromatic rings. The van der Waals surface area contributed by atoms with Crippen molar-refractivity contribution in [3.8, 4) is 0 Å². The summed E-state index contributed by atoms with van der Waals surface area (Å²) in [4.78, 5) is 0. The Labute approximate surface area is 187 Å². The first-order chi connectivity index (χ1) is 14.5. The van der Waals surface area contributed by atoms with Gasteiger partial charge in [-0.05, 0) is 113 Å². The van der Waals surface area contributed by atoms with Crippen molar-refractivity contribution in [3.63, 3.8) is 0 Å². The van der Waals surface area contributed by atoms with Gasteiger partial charge in [0.1, 0.15) is 0 Å². The van der Waals surface area contributed by atoms with Gasteiger partial charge in [-0.3, -0.25) is 0 Å². The maximum absolute atomic E-state index is 11.2. The average molecular weight is 415 g/mol. The largest absolute Gasteiger partial charge is 0.393 e. The highest BCUT2D eigenvalue weighted by Gasteiger charge is 2.39. The lowest BCUT2D eigenvalue weighted by molar-refractivity contribution is 0.0309. The molecular weight excluding hydrogens is 364 g/mol. The summed E-state index contributed by atoms with van der Waals surface area (Å²) in [6.45, 7) is 9.46. The molecule has 0 heterocycles. The van der Waals surface area contributed by atoms with Crippen LogP contribution in [0.2, 0.25) is 0 Å². The Morgan fingerprint density at radius 1 is 1.10 bits per heavy atom. The molecule has 3 aliphatic rings. The fraction of sp³-hybridized carbons (Fsp3) is 0.862. The maximum atomic E-state index is 11.2. The van der Waals surface area contributed by atoms with Gasteiger partial charge >= 0.3 is 0 Å². The van der Waals surface area contributed by atoms with E-state index in [0.717, 1.165) is 48.3 Å². The second-order valence-electron chi connectivity index (χ2n) is 11.3. The highest BCUT2D eigenvalue weighted by atomic mass is 16.3. The fourth-order valence-corrected chi connectivity index (χ4v) is 7.55. The molecule has 0 saturated heterocycles. The Morgan fingerprint density at radius 2 is 1.90 bits per heavy atom. The van der Waals surface area contributed by atoms with Crippen molar-refractivity contribution in [3.05, 3.63) is 23.3 Å². The summed E-state index contributed by atoms with van der Waals surface area (Å²) >= 11 is 0. The van der Waals surface area contributed by atoms with Crippen LogP contribution in [0, 0.1) is 35.5 Å². The Morgan fingerprint density at radius 3 is 2.67 bits per heavy atom. The Balaban J connectivity index is 1.67. The van der Waals surface area contributed by atoms with Crippen LogP contribution in [0.15, 0.2) is 23.3 Å². The predicted octanol–water partition coefficient (Wildman–Crippen LogP) is 8.48. The molecular formula is C29H50O. The summed E-state index contributed by atoms with van der Waals surface area (Å²) in [5.41, 5.74) is 3.46. The van der Waals surface area contributed by atoms with E-state index < -0.39 is 0 Å². The first-order valence-corrected chi connectivity index (χ1v) is 13.5. The van der Waals surface area contributed by atoms with Gasteiger partial charge in [0.2, 0.25) is 0 Å². The molecule has 1 N–H and O–H groups in total. The van der Waals surface area contributed by atoms with E-state index in [1.165, 1.54) is 77.0 Å². The Hall–Kier alpha value is -0.560. The van der Waals surface area contributed by atoms with Crippen LogP contribution in [0.4, 0.5) is 0 Å². The summed E-state index contributed by atoms with van der Waals surface area (Å²) in [7, 11) is 0. The SMILES string of the molecule is C/C=C\C[C@@H](C)C1C[C@@H](C)C[C@@H](C[C@@H](O)CC2=C3CCCCC3CCC2)[C@H]1CCC. The minimum atomic E-state index is -0.116. The van der Waals surface area contributed by atoms with Crippen LogP contribution in [0.5, 0.6) is 0 Å². The summed E-state index contributed by atoms with van der Waals surface area (Å²) in [5, 5.41) is 11.2. The molecule has 2 unspecified atom stereocenters. The van der Waals surface area contributed by atoms with E-state index in [1.54, 1.807) is 11.1 Å². The number of aliphatic hydroxyl groups is 1. The third-order valence-corrected chi connectivity index (χ3v) is 8.92. The van der Waals surface area contributed by atoms with Gasteiger partial charge in [-0.2, -0.15) is 0 Å². The quantitative estimate of drug-likeness (QED) is 0.375. The monoisotopic (exact) mass is 414 g/mol. The molecule has 172 valence electrons. The molecule has 1 nitrogen and oxygen atoms in total. The molecule has 7 atom stereocenters. The summed E-state index contributed by atoms with van der Waals surface area (Å²) in [6.07, 6.45) is 22.7. The zero-order valence-electron chi connectivity index (χ0n) is 20.5. The van der Waals surface area contributed by atoms with Crippen molar-refractivity contribution >= 4 is 0 Å². The van der Waals surface area contributed by atoms with Gasteiger partial charge in [0.05, 0.1) is 6.10 Å². The van der Waals surface area contributed by atoms with Gasteiger partial charge in [0, 0.05) is 0 Å². The van der Waals surface area contributed by atoms with E-state index in [0.29, 0.717) is 0 Å². The van der Waals surface area contributed by atoms with E-state index in [1.807, 2.05) is 0 Å². The second-order valence-corrected chi connectivity index (χ2v) is 11.3. The van der Waals surface area contributed by atoms with Gasteiger partial charge in [0.25, 0.3) is 0 Å². The third-order valence-electron chi connectivity index (χ3n) is 8.92. The Bertz CT molecular complexity index is 573. The van der Waals surface area contributed by atoms with Crippen LogP contribution in [0.25, 0.3) is 0 Å². The molecule has 3 aliphatic carbocycles. The standard InChI is InChI=1S/C29H50O/c1-5-7-12-22(4)29-18-21(3)17-25(28(29)11-6-2)20-26(30)19-24-15-10-14-23-13-8-9-16-27(23)24/h5,7,21-23,25-26,28-30H,6,8-20H2,1-4H3/b7-5-/t21-,22+,23?,25-,26-,28+,29?/m0/s1. The molecule has 0 bridgehead atoms. The lowest BCUT2D eigenvalue weighted by Gasteiger charge is -2.45. The smallest absolute Gasteiger partial charge is 0.0580 e. The second kappa shape index (κ2) is 11.9. The summed E-state index contributed by atoms with van der Waals surface area (Å²) < 4.78 is 0. The van der Waals surface area contributed by atoms with Gasteiger partial charge in [0.15, 0.2) is 0 Å². The number of allylic oxidation sites excluding steroid dienone is 3. The highest BCUT2D eigenvalue weighted by Crippen LogP contribution is 2.47. The number of hydrogen-bond donors (Lipinski definition) is 1. The zero-order valence-corrected chi connectivity index (χ0v) is 20.5. The van der Waals surface area contributed by atoms with Crippen molar-refractivity contribution in [1.82, 2.24) is 0 Å². The molecule has 2 saturated carbocycles. The fourth-order valence-electron chi connectivity index (χ4n) is 7.55. The van der Waals surface area contributed by atoms with Gasteiger partial charge in [-0.15, -0.1) is 0 Å². The first kappa shape index (κ1) is 24.1. The minimum Gasteiger partial charge on any atom is -0.393 e. The van der Waals surface area contributed by atoms with Crippen molar-refractivity contribution in [2.45, 2.75) is 124 Å². The maximum Gasteiger partial charge on any atom is 0.0580 e. The van der Waals surface area contributed by atoms with Crippen molar-refractivity contribution in [1.29, 1.82) is 0 Å². The third kappa shape index (κ3) is 6.24. The summed E-state index contributed by atoms with van der Waals surface area (Å²) in [6, 6.07) is 0. The summed E-state index contributed by atoms with van der Waals surface area (Å²) in [5.74, 6) is 4.82. The van der Waals surface area contributed by atoms with Crippen molar-refractivity contribution < 1.29 is 5.11 Å². The lowest BCUT2D eigenvalue weighted by Crippen LogP contribution is -2.37. The topological polar surface area (TPSA) is 20.2 Å². The van der Waals surface area contributed by atoms with Crippen LogP contribution < -0.4 is 0 Å². The van der Waals surface area contributed by atoms with E-state index in [4.69, 9.17) is 0 Å². The minimum absolute atomic E-state index is 0.116. The molecule has 1 heteroatoms. The molecule has 0 aliphatic heterocycles. The normalized spacial score (nSPS) is 34.8. The van der Waals surface area contributed by atoms with E-state index in [9.17, 15) is 5.11 Å². The lowest BCUT2D eigenvalue weighted by atomic mass is 9.61. The number of aliphatic hydroxyl groups excluding tert-OH is 1. The van der Waals surface area contributed by atoms with Crippen molar-refractivity contribution in [2.75, 3.05) is 0 Å². The van der Waals surface area contributed by atoms with E-state index in [2.05, 4.69) is 39.8 Å². The van der Waals surface area contributed by atoms with Crippen LogP contribution in [-0.4, -0.2) is 11.2 Å². The van der Waals surface area contributed by atoms with Crippen LogP contribution >= 0.6 is 0 Å². The molecule has 0 aromatic heterocycles. The Kier molecular flexibility index (Phi) is 9.55. The van der Waals surface area contributed by atoms with Gasteiger partial charge < -0.3 is 5.11 Å². The van der Waals surface area contributed by atoms with E-state index >= 15 is 0 Å². The number of fused-ring (bicyclic) bond motifs is 1. The van der Waals surface area contributed by atoms with Gasteiger partial charge in [-0.1, -0.05) is 63.3 Å². The highest BCUT2D eigenvalue weighted by molar-refractivity contribution is 5.22. The average Bonchev–Trinajstić information content (AvgIpc) is 2.74. The molecule has 30 heavy (non-hydrogen) atoms. The van der Waals surface area contributed by atoms with Crippen LogP contribution in [-0.2, 0) is 0 Å². The van der Waals surface area contributed by atoms with E-state index in [-0.39, 0.29) is 6.10 Å². The van der Waals surface area contributed by atoms with Crippen molar-refractivity contribution in [2.24, 2.45) is 35.5 Å². The first-order valence-electron chi connectivity index (χ1n) is 13.5. The molecule has 3 rings (SSSR count). The molecule has 0 spiro atoms. The number of hydrogen-bond acceptors (Lipinski definition) is 1. The molecule has 0 aromatic carbocycles. The van der Waals surface area contributed by atoms with Crippen LogP contribution in [0.1, 0.15) is 118 Å². The molecule has 0 amide bonds. The molecule has 0 radical (unpaired) electrons. The predicted molar refractivity (Wildman–Crippen MR) is 130 cm³/mol. The zero-order chi connectivity index (χ0) is 21.5. The molecule has 2 fully saturated rings. The number of rotatable bonds is 9.